The summed E-state index contributed by atoms with van der Waals surface area (Å²) in [6.45, 7) is 0. The maximum Gasteiger partial charge on any atom is 0.218 e. The topological polar surface area (TPSA) is 43.1 Å². The Bertz CT molecular complexity index is 539. The summed E-state index contributed by atoms with van der Waals surface area (Å²) < 4.78 is 0. The number of hydrogen-bond donors (Lipinski definition) is 1. The zero-order valence-corrected chi connectivity index (χ0v) is 10.6. The Kier molecular flexibility index (Phi) is 4.00. The number of amides is 1. The van der Waals surface area contributed by atoms with E-state index in [-0.39, 0.29) is 18.2 Å². The summed E-state index contributed by atoms with van der Waals surface area (Å²) in [5.41, 5.74) is 7.41. The quantitative estimate of drug-likeness (QED) is 0.899. The largest absolute Gasteiger partial charge is 0.370 e. The molecule has 0 saturated carbocycles. The van der Waals surface area contributed by atoms with Gasteiger partial charge in [0.05, 0.1) is 0 Å². The Morgan fingerprint density at radius 1 is 1.06 bits per heavy atom. The third-order valence-electron chi connectivity index (χ3n) is 2.86. The Labute approximate surface area is 111 Å². The zero-order valence-electron chi connectivity index (χ0n) is 9.84. The van der Waals surface area contributed by atoms with E-state index in [1.165, 1.54) is 0 Å². The van der Waals surface area contributed by atoms with E-state index in [0.717, 1.165) is 11.1 Å². The second kappa shape index (κ2) is 5.69. The van der Waals surface area contributed by atoms with Crippen molar-refractivity contribution < 1.29 is 4.79 Å². The summed E-state index contributed by atoms with van der Waals surface area (Å²) in [4.78, 5) is 11.2. The maximum absolute atomic E-state index is 11.2. The van der Waals surface area contributed by atoms with Gasteiger partial charge in [-0.3, -0.25) is 4.79 Å². The minimum Gasteiger partial charge on any atom is -0.370 e. The monoisotopic (exact) mass is 259 g/mol. The van der Waals surface area contributed by atoms with E-state index in [2.05, 4.69) is 0 Å². The van der Waals surface area contributed by atoms with Crippen molar-refractivity contribution in [1.82, 2.24) is 0 Å². The van der Waals surface area contributed by atoms with Crippen molar-refractivity contribution in [3.05, 3.63) is 70.7 Å². The number of primary amides is 1. The summed E-state index contributed by atoms with van der Waals surface area (Å²) in [5.74, 6) is -0.355. The Balaban J connectivity index is 2.40. The molecule has 2 nitrogen and oxygen atoms in total. The molecule has 2 aromatic carbocycles. The van der Waals surface area contributed by atoms with Gasteiger partial charge in [0.15, 0.2) is 0 Å². The predicted octanol–water partition coefficient (Wildman–Crippen LogP) is 3.35. The molecule has 18 heavy (non-hydrogen) atoms. The molecule has 0 radical (unpaired) electrons. The molecule has 2 aromatic rings. The molecule has 3 heteroatoms. The van der Waals surface area contributed by atoms with Crippen LogP contribution in [0.5, 0.6) is 0 Å². The van der Waals surface area contributed by atoms with E-state index in [9.17, 15) is 4.79 Å². The van der Waals surface area contributed by atoms with Crippen molar-refractivity contribution in [3.8, 4) is 0 Å². The van der Waals surface area contributed by atoms with Gasteiger partial charge in [0, 0.05) is 17.4 Å². The summed E-state index contributed by atoms with van der Waals surface area (Å²) in [6.07, 6.45) is 0.282. The van der Waals surface area contributed by atoms with Crippen molar-refractivity contribution in [1.29, 1.82) is 0 Å². The number of carbonyl (C=O) groups is 1. The molecule has 0 bridgehead atoms. The average Bonchev–Trinajstić information content (AvgIpc) is 2.37. The lowest BCUT2D eigenvalue weighted by molar-refractivity contribution is -0.118. The van der Waals surface area contributed by atoms with Crippen LogP contribution in [-0.4, -0.2) is 5.91 Å². The van der Waals surface area contributed by atoms with Crippen LogP contribution in [0, 0.1) is 0 Å². The zero-order chi connectivity index (χ0) is 13.0. The van der Waals surface area contributed by atoms with E-state index in [1.807, 2.05) is 54.6 Å². The standard InChI is InChI=1S/C15H14ClNO/c16-13-8-4-7-12(9-13)14(10-15(17)18)11-5-2-1-3-6-11/h1-9,14H,10H2,(H2,17,18)/t14-/m0/s1. The van der Waals surface area contributed by atoms with E-state index >= 15 is 0 Å². The van der Waals surface area contributed by atoms with Gasteiger partial charge in [0.1, 0.15) is 0 Å². The van der Waals surface area contributed by atoms with Gasteiger partial charge < -0.3 is 5.73 Å². The molecule has 0 aliphatic rings. The number of halogens is 1. The molecular formula is C15H14ClNO. The number of benzene rings is 2. The van der Waals surface area contributed by atoms with Crippen LogP contribution in [0.15, 0.2) is 54.6 Å². The van der Waals surface area contributed by atoms with Crippen molar-refractivity contribution in [2.24, 2.45) is 5.73 Å². The number of hydrogen-bond acceptors (Lipinski definition) is 1. The summed E-state index contributed by atoms with van der Waals surface area (Å²) in [7, 11) is 0. The predicted molar refractivity (Wildman–Crippen MR) is 73.5 cm³/mol. The molecule has 0 heterocycles. The van der Waals surface area contributed by atoms with Gasteiger partial charge in [-0.25, -0.2) is 0 Å². The molecule has 2 rings (SSSR count). The number of rotatable bonds is 4. The van der Waals surface area contributed by atoms with Crippen LogP contribution < -0.4 is 5.73 Å². The summed E-state index contributed by atoms with van der Waals surface area (Å²) in [5, 5.41) is 0.665. The minimum atomic E-state index is -0.316. The maximum atomic E-state index is 11.2. The van der Waals surface area contributed by atoms with Crippen molar-refractivity contribution in [2.75, 3.05) is 0 Å². The second-order valence-electron chi connectivity index (χ2n) is 4.19. The Morgan fingerprint density at radius 3 is 2.33 bits per heavy atom. The van der Waals surface area contributed by atoms with Crippen LogP contribution in [0.3, 0.4) is 0 Å². The normalized spacial score (nSPS) is 12.1. The minimum absolute atomic E-state index is 0.0394. The number of nitrogens with two attached hydrogens (primary N) is 1. The highest BCUT2D eigenvalue weighted by Gasteiger charge is 2.16. The first-order valence-electron chi connectivity index (χ1n) is 5.75. The van der Waals surface area contributed by atoms with Gasteiger partial charge in [-0.15, -0.1) is 0 Å². The first kappa shape index (κ1) is 12.7. The molecule has 2 N–H and O–H groups in total. The van der Waals surface area contributed by atoms with Crippen LogP contribution >= 0.6 is 11.6 Å². The van der Waals surface area contributed by atoms with Crippen LogP contribution in [0.2, 0.25) is 5.02 Å². The van der Waals surface area contributed by atoms with Gasteiger partial charge in [-0.2, -0.15) is 0 Å². The smallest absolute Gasteiger partial charge is 0.218 e. The summed E-state index contributed by atoms with van der Waals surface area (Å²) in [6, 6.07) is 17.4. The molecule has 92 valence electrons. The highest BCUT2D eigenvalue weighted by atomic mass is 35.5. The van der Waals surface area contributed by atoms with Crippen LogP contribution in [0.1, 0.15) is 23.5 Å². The van der Waals surface area contributed by atoms with E-state index < -0.39 is 0 Å². The van der Waals surface area contributed by atoms with Gasteiger partial charge in [-0.05, 0) is 23.3 Å². The van der Waals surface area contributed by atoms with Crippen molar-refractivity contribution in [3.63, 3.8) is 0 Å². The van der Waals surface area contributed by atoms with Crippen molar-refractivity contribution in [2.45, 2.75) is 12.3 Å². The lowest BCUT2D eigenvalue weighted by Gasteiger charge is -2.16. The number of carbonyl (C=O) groups excluding carboxylic acids is 1. The first-order chi connectivity index (χ1) is 8.66. The van der Waals surface area contributed by atoms with Crippen LogP contribution in [0.4, 0.5) is 0 Å². The molecule has 0 fully saturated rings. The molecule has 0 aliphatic heterocycles. The lowest BCUT2D eigenvalue weighted by Crippen LogP contribution is -2.16. The third-order valence-corrected chi connectivity index (χ3v) is 3.09. The Morgan fingerprint density at radius 2 is 1.72 bits per heavy atom. The van der Waals surface area contributed by atoms with E-state index in [0.29, 0.717) is 5.02 Å². The highest BCUT2D eigenvalue weighted by molar-refractivity contribution is 6.30. The molecule has 1 amide bonds. The van der Waals surface area contributed by atoms with Gasteiger partial charge in [0.2, 0.25) is 5.91 Å². The molecule has 0 aliphatic carbocycles. The second-order valence-corrected chi connectivity index (χ2v) is 4.63. The van der Waals surface area contributed by atoms with E-state index in [1.54, 1.807) is 0 Å². The highest BCUT2D eigenvalue weighted by Crippen LogP contribution is 2.29. The fourth-order valence-corrected chi connectivity index (χ4v) is 2.24. The van der Waals surface area contributed by atoms with Crippen LogP contribution in [-0.2, 0) is 4.79 Å². The van der Waals surface area contributed by atoms with Gasteiger partial charge in [-0.1, -0.05) is 54.1 Å². The van der Waals surface area contributed by atoms with Crippen LogP contribution in [0.25, 0.3) is 0 Å². The van der Waals surface area contributed by atoms with Gasteiger partial charge >= 0.3 is 0 Å². The fraction of sp³-hybridized carbons (Fsp3) is 0.133. The molecule has 0 spiro atoms. The SMILES string of the molecule is NC(=O)C[C@@H](c1ccccc1)c1cccc(Cl)c1. The van der Waals surface area contributed by atoms with E-state index in [4.69, 9.17) is 17.3 Å². The fourth-order valence-electron chi connectivity index (χ4n) is 2.04. The summed E-state index contributed by atoms with van der Waals surface area (Å²) >= 11 is 6.00. The van der Waals surface area contributed by atoms with Gasteiger partial charge in [0.25, 0.3) is 0 Å². The molecule has 0 saturated heterocycles. The lowest BCUT2D eigenvalue weighted by atomic mass is 9.88. The Hall–Kier alpha value is -1.80. The molecular weight excluding hydrogens is 246 g/mol. The van der Waals surface area contributed by atoms with Crippen molar-refractivity contribution >= 4 is 17.5 Å². The first-order valence-corrected chi connectivity index (χ1v) is 6.13. The molecule has 1 atom stereocenters. The third kappa shape index (κ3) is 3.11. The molecule has 0 unspecified atom stereocenters. The average molecular weight is 260 g/mol. The molecule has 0 aromatic heterocycles.